The van der Waals surface area contributed by atoms with Crippen molar-refractivity contribution in [2.24, 2.45) is 0 Å². The first-order valence-corrected chi connectivity index (χ1v) is 5.56. The molecule has 4 N–H and O–H groups in total. The van der Waals surface area contributed by atoms with Gasteiger partial charge in [0.25, 0.3) is 0 Å². The highest BCUT2D eigenvalue weighted by Crippen LogP contribution is 2.20. The molecule has 0 spiro atoms. The van der Waals surface area contributed by atoms with E-state index >= 15 is 0 Å². The van der Waals surface area contributed by atoms with E-state index in [9.17, 15) is 0 Å². The van der Waals surface area contributed by atoms with Gasteiger partial charge in [-0.25, -0.2) is 0 Å². The van der Waals surface area contributed by atoms with Crippen LogP contribution >= 0.6 is 0 Å². The van der Waals surface area contributed by atoms with Crippen molar-refractivity contribution in [2.45, 2.75) is 6.54 Å². The van der Waals surface area contributed by atoms with Gasteiger partial charge in [0.2, 0.25) is 0 Å². The van der Waals surface area contributed by atoms with E-state index in [-0.39, 0.29) is 0 Å². The summed E-state index contributed by atoms with van der Waals surface area (Å²) in [6, 6.07) is 7.85. The second kappa shape index (κ2) is 4.33. The molecule has 0 fully saturated rings. The smallest absolute Gasteiger partial charge is 0.123 e. The van der Waals surface area contributed by atoms with Crippen molar-refractivity contribution in [3.63, 3.8) is 0 Å². The first-order valence-electron chi connectivity index (χ1n) is 5.56. The van der Waals surface area contributed by atoms with Crippen LogP contribution in [0.2, 0.25) is 0 Å². The van der Waals surface area contributed by atoms with Gasteiger partial charge in [-0.2, -0.15) is 15.3 Å². The number of aromatic amines is 1. The molecule has 0 saturated carbocycles. The summed E-state index contributed by atoms with van der Waals surface area (Å²) in [6.07, 6.45) is 3.41. The highest BCUT2D eigenvalue weighted by atomic mass is 15.1. The lowest BCUT2D eigenvalue weighted by molar-refractivity contribution is 1.06. The first-order chi connectivity index (χ1) is 8.84. The predicted octanol–water partition coefficient (Wildman–Crippen LogP) is 1.55. The predicted molar refractivity (Wildman–Crippen MR) is 69.9 cm³/mol. The van der Waals surface area contributed by atoms with Crippen LogP contribution in [-0.4, -0.2) is 20.4 Å². The van der Waals surface area contributed by atoms with Crippen LogP contribution in [-0.2, 0) is 6.54 Å². The van der Waals surface area contributed by atoms with Crippen LogP contribution in [0.15, 0.2) is 36.7 Å². The monoisotopic (exact) mass is 240 g/mol. The molecule has 6 nitrogen and oxygen atoms in total. The van der Waals surface area contributed by atoms with Crippen LogP contribution in [0.25, 0.3) is 10.9 Å². The van der Waals surface area contributed by atoms with Crippen LogP contribution < -0.4 is 11.1 Å². The molecule has 0 bridgehead atoms. The fraction of sp³-hybridized carbons (Fsp3) is 0.0833. The second-order valence-electron chi connectivity index (χ2n) is 3.94. The molecule has 0 atom stereocenters. The topological polar surface area (TPSA) is 92.5 Å². The molecule has 3 aromatic rings. The van der Waals surface area contributed by atoms with Crippen molar-refractivity contribution in [1.29, 1.82) is 0 Å². The molecule has 0 radical (unpaired) electrons. The Morgan fingerprint density at radius 3 is 2.94 bits per heavy atom. The van der Waals surface area contributed by atoms with Gasteiger partial charge in [-0.1, -0.05) is 18.2 Å². The molecule has 0 aliphatic heterocycles. The number of nitrogens with two attached hydrogens (primary N) is 1. The van der Waals surface area contributed by atoms with Crippen LogP contribution in [0.3, 0.4) is 0 Å². The van der Waals surface area contributed by atoms with Crippen molar-refractivity contribution < 1.29 is 0 Å². The van der Waals surface area contributed by atoms with Gasteiger partial charge in [0.1, 0.15) is 5.82 Å². The number of nitrogens with zero attached hydrogens (tertiary/aromatic N) is 3. The van der Waals surface area contributed by atoms with Crippen molar-refractivity contribution in [1.82, 2.24) is 20.4 Å². The number of H-pyrrole nitrogens is 1. The summed E-state index contributed by atoms with van der Waals surface area (Å²) in [7, 11) is 0. The van der Waals surface area contributed by atoms with Gasteiger partial charge in [-0.05, 0) is 6.07 Å². The van der Waals surface area contributed by atoms with E-state index in [0.717, 1.165) is 22.2 Å². The molecule has 0 saturated heterocycles. The largest absolute Gasteiger partial charge is 0.384 e. The van der Waals surface area contributed by atoms with Gasteiger partial charge >= 0.3 is 0 Å². The Bertz CT molecular complexity index is 670. The summed E-state index contributed by atoms with van der Waals surface area (Å²) in [5.41, 5.74) is 8.45. The molecule has 0 aliphatic rings. The fourth-order valence-electron chi connectivity index (χ4n) is 1.80. The summed E-state index contributed by atoms with van der Waals surface area (Å²) < 4.78 is 0. The minimum Gasteiger partial charge on any atom is -0.384 e. The minimum atomic E-state index is 0.578. The molecule has 18 heavy (non-hydrogen) atoms. The van der Waals surface area contributed by atoms with E-state index < -0.39 is 0 Å². The SMILES string of the molecule is Nc1[nH]ncc1CNc1cnnc2ccccc12. The molecule has 6 heteroatoms. The van der Waals surface area contributed by atoms with E-state index in [4.69, 9.17) is 5.73 Å². The molecule has 1 aromatic carbocycles. The number of nitrogen functional groups attached to an aromatic ring is 1. The quantitative estimate of drug-likeness (QED) is 0.646. The lowest BCUT2D eigenvalue weighted by atomic mass is 10.2. The average Bonchev–Trinajstić information content (AvgIpc) is 2.82. The molecule has 0 amide bonds. The number of fused-ring (bicyclic) bond motifs is 1. The van der Waals surface area contributed by atoms with E-state index in [1.807, 2.05) is 24.3 Å². The highest BCUT2D eigenvalue weighted by Gasteiger charge is 2.04. The third-order valence-corrected chi connectivity index (χ3v) is 2.77. The Labute approximate surface area is 103 Å². The van der Waals surface area contributed by atoms with E-state index in [2.05, 4.69) is 25.7 Å². The average molecular weight is 240 g/mol. The molecule has 90 valence electrons. The third kappa shape index (κ3) is 1.84. The Balaban J connectivity index is 1.89. The fourth-order valence-corrected chi connectivity index (χ4v) is 1.80. The maximum Gasteiger partial charge on any atom is 0.123 e. The van der Waals surface area contributed by atoms with E-state index in [1.54, 1.807) is 12.4 Å². The van der Waals surface area contributed by atoms with Gasteiger partial charge in [-0.15, -0.1) is 0 Å². The summed E-state index contributed by atoms with van der Waals surface area (Å²) >= 11 is 0. The van der Waals surface area contributed by atoms with E-state index in [1.165, 1.54) is 0 Å². The second-order valence-corrected chi connectivity index (χ2v) is 3.94. The molecule has 2 aromatic heterocycles. The molecule has 0 aliphatic carbocycles. The molecular weight excluding hydrogens is 228 g/mol. The Hall–Kier alpha value is -2.63. The van der Waals surface area contributed by atoms with Gasteiger partial charge < -0.3 is 11.1 Å². The van der Waals surface area contributed by atoms with Crippen molar-refractivity contribution in [2.75, 3.05) is 11.1 Å². The van der Waals surface area contributed by atoms with Crippen molar-refractivity contribution in [3.05, 3.63) is 42.2 Å². The summed E-state index contributed by atoms with van der Waals surface area (Å²) in [6.45, 7) is 0.595. The standard InChI is InChI=1S/C12H12N6/c13-12-8(6-15-18-12)5-14-11-7-16-17-10-4-2-1-3-9(10)11/h1-4,6-7H,5H2,(H,14,17)(H3,13,15,18). The number of nitrogens with one attached hydrogen (secondary N) is 2. The zero-order valence-electron chi connectivity index (χ0n) is 9.59. The number of hydrogen-bond acceptors (Lipinski definition) is 5. The van der Waals surface area contributed by atoms with E-state index in [0.29, 0.717) is 12.4 Å². The van der Waals surface area contributed by atoms with Crippen LogP contribution in [0.5, 0.6) is 0 Å². The molecule has 3 rings (SSSR count). The Morgan fingerprint density at radius 2 is 2.11 bits per heavy atom. The minimum absolute atomic E-state index is 0.578. The third-order valence-electron chi connectivity index (χ3n) is 2.77. The first kappa shape index (κ1) is 10.5. The van der Waals surface area contributed by atoms with Crippen LogP contribution in [0.4, 0.5) is 11.5 Å². The summed E-state index contributed by atoms with van der Waals surface area (Å²) in [5.74, 6) is 0.578. The number of rotatable bonds is 3. The summed E-state index contributed by atoms with van der Waals surface area (Å²) in [5, 5.41) is 18.9. The van der Waals surface area contributed by atoms with Crippen molar-refractivity contribution >= 4 is 22.4 Å². The maximum atomic E-state index is 5.73. The summed E-state index contributed by atoms with van der Waals surface area (Å²) in [4.78, 5) is 0. The molecule has 2 heterocycles. The number of hydrogen-bond donors (Lipinski definition) is 3. The lowest BCUT2D eigenvalue weighted by Crippen LogP contribution is -2.02. The van der Waals surface area contributed by atoms with Crippen LogP contribution in [0, 0.1) is 0 Å². The van der Waals surface area contributed by atoms with Gasteiger partial charge in [0, 0.05) is 17.5 Å². The molecule has 0 unspecified atom stereocenters. The highest BCUT2D eigenvalue weighted by molar-refractivity contribution is 5.90. The zero-order valence-corrected chi connectivity index (χ0v) is 9.59. The Morgan fingerprint density at radius 1 is 1.22 bits per heavy atom. The molecular formula is C12H12N6. The van der Waals surface area contributed by atoms with Crippen molar-refractivity contribution in [3.8, 4) is 0 Å². The number of anilines is 2. The number of aromatic nitrogens is 4. The lowest BCUT2D eigenvalue weighted by Gasteiger charge is -2.07. The van der Waals surface area contributed by atoms with Gasteiger partial charge in [-0.3, -0.25) is 5.10 Å². The van der Waals surface area contributed by atoms with Gasteiger partial charge in [0.05, 0.1) is 23.6 Å². The zero-order chi connectivity index (χ0) is 12.4. The van der Waals surface area contributed by atoms with Gasteiger partial charge in [0.15, 0.2) is 0 Å². The normalized spacial score (nSPS) is 10.7. The van der Waals surface area contributed by atoms with Crippen LogP contribution in [0.1, 0.15) is 5.56 Å². The maximum absolute atomic E-state index is 5.73. The number of benzene rings is 1. The Kier molecular flexibility index (Phi) is 2.53.